The Morgan fingerprint density at radius 3 is 2.72 bits per heavy atom. The van der Waals surface area contributed by atoms with E-state index >= 15 is 0 Å². The van der Waals surface area contributed by atoms with Crippen LogP contribution in [0.3, 0.4) is 0 Å². The van der Waals surface area contributed by atoms with Crippen molar-refractivity contribution in [1.29, 1.82) is 0 Å². The van der Waals surface area contributed by atoms with Gasteiger partial charge in [-0.25, -0.2) is 9.78 Å². The molecule has 0 bridgehead atoms. The van der Waals surface area contributed by atoms with E-state index in [0.29, 0.717) is 16.5 Å². The number of rotatable bonds is 2. The fraction of sp³-hybridized carbons (Fsp3) is 0.385. The molecule has 0 radical (unpaired) electrons. The summed E-state index contributed by atoms with van der Waals surface area (Å²) in [7, 11) is 0. The van der Waals surface area contributed by atoms with Gasteiger partial charge in [-0.1, -0.05) is 0 Å². The largest absolute Gasteiger partial charge is 0.462 e. The third-order valence-electron chi connectivity index (χ3n) is 2.12. The summed E-state index contributed by atoms with van der Waals surface area (Å²) in [4.78, 5) is 17.1. The van der Waals surface area contributed by atoms with E-state index < -0.39 is 11.6 Å². The van der Waals surface area contributed by atoms with Gasteiger partial charge in [0.15, 0.2) is 16.5 Å². The second-order valence-electron chi connectivity index (χ2n) is 4.90. The van der Waals surface area contributed by atoms with Crippen LogP contribution in [0.5, 0.6) is 0 Å². The van der Waals surface area contributed by atoms with Crippen LogP contribution in [0.4, 0.5) is 0 Å². The number of aryl methyl sites for hydroxylation is 1. The molecule has 96 valence electrons. The van der Waals surface area contributed by atoms with Crippen LogP contribution in [0.1, 0.15) is 36.1 Å². The van der Waals surface area contributed by atoms with Crippen LogP contribution >= 0.6 is 11.3 Å². The molecule has 0 aromatic carbocycles. The van der Waals surface area contributed by atoms with Crippen LogP contribution in [-0.2, 0) is 4.74 Å². The summed E-state index contributed by atoms with van der Waals surface area (Å²) in [5.41, 5.74) is -0.154. The molecular weight excluding hydrogens is 250 g/mol. The van der Waals surface area contributed by atoms with Crippen molar-refractivity contribution < 1.29 is 13.9 Å². The highest BCUT2D eigenvalue weighted by atomic mass is 32.1. The molecule has 5 heteroatoms. The maximum Gasteiger partial charge on any atom is 0.358 e. The third kappa shape index (κ3) is 2.79. The minimum atomic E-state index is -0.516. The van der Waals surface area contributed by atoms with Crippen molar-refractivity contribution in [3.63, 3.8) is 0 Å². The summed E-state index contributed by atoms with van der Waals surface area (Å²) < 4.78 is 10.6. The van der Waals surface area contributed by atoms with Crippen molar-refractivity contribution >= 4 is 17.3 Å². The minimum absolute atomic E-state index is 0.362. The lowest BCUT2D eigenvalue weighted by molar-refractivity contribution is 0.00631. The highest BCUT2D eigenvalue weighted by Crippen LogP contribution is 2.28. The first-order chi connectivity index (χ1) is 8.37. The average molecular weight is 265 g/mol. The monoisotopic (exact) mass is 265 g/mol. The van der Waals surface area contributed by atoms with E-state index in [4.69, 9.17) is 9.15 Å². The number of nitrogens with zero attached hydrogens (tertiary/aromatic N) is 1. The Labute approximate surface area is 110 Å². The molecule has 4 nitrogen and oxygen atoms in total. The van der Waals surface area contributed by atoms with E-state index in [9.17, 15) is 4.79 Å². The second-order valence-corrected chi connectivity index (χ2v) is 6.11. The van der Waals surface area contributed by atoms with Gasteiger partial charge in [0.2, 0.25) is 0 Å². The van der Waals surface area contributed by atoms with Crippen LogP contribution in [0.2, 0.25) is 0 Å². The number of ether oxygens (including phenoxy) is 1. The Morgan fingerprint density at radius 2 is 2.17 bits per heavy atom. The molecule has 0 atom stereocenters. The summed E-state index contributed by atoms with van der Waals surface area (Å²) in [5.74, 6) is 0.270. The summed E-state index contributed by atoms with van der Waals surface area (Å²) in [6.45, 7) is 7.35. The first kappa shape index (κ1) is 12.8. The van der Waals surface area contributed by atoms with Gasteiger partial charge in [0.25, 0.3) is 0 Å². The molecule has 2 aromatic rings. The van der Waals surface area contributed by atoms with Gasteiger partial charge in [0, 0.05) is 4.88 Å². The van der Waals surface area contributed by atoms with Crippen molar-refractivity contribution in [1.82, 2.24) is 4.98 Å². The molecule has 0 saturated heterocycles. The zero-order valence-corrected chi connectivity index (χ0v) is 11.6. The van der Waals surface area contributed by atoms with Gasteiger partial charge in [0.05, 0.1) is 6.26 Å². The molecular formula is C13H15NO3S. The maximum atomic E-state index is 12.0. The number of furan rings is 1. The molecule has 2 heterocycles. The van der Waals surface area contributed by atoms with Crippen LogP contribution in [0, 0.1) is 6.92 Å². The molecule has 0 aliphatic heterocycles. The molecule has 0 N–H and O–H groups in total. The second kappa shape index (κ2) is 4.57. The quantitative estimate of drug-likeness (QED) is 0.777. The Balaban J connectivity index is 2.27. The fourth-order valence-corrected chi connectivity index (χ4v) is 2.29. The number of aromatic nitrogens is 1. The van der Waals surface area contributed by atoms with Gasteiger partial charge in [-0.3, -0.25) is 0 Å². The lowest BCUT2D eigenvalue weighted by Crippen LogP contribution is -2.24. The van der Waals surface area contributed by atoms with Crippen LogP contribution in [-0.4, -0.2) is 16.6 Å². The highest BCUT2D eigenvalue weighted by Gasteiger charge is 2.23. The average Bonchev–Trinajstić information content (AvgIpc) is 2.82. The molecule has 0 amide bonds. The van der Waals surface area contributed by atoms with Crippen molar-refractivity contribution in [3.05, 3.63) is 29.0 Å². The molecule has 0 spiro atoms. The van der Waals surface area contributed by atoms with Crippen LogP contribution in [0.15, 0.2) is 22.8 Å². The third-order valence-corrected chi connectivity index (χ3v) is 3.11. The van der Waals surface area contributed by atoms with Crippen molar-refractivity contribution in [3.8, 4) is 10.8 Å². The zero-order valence-electron chi connectivity index (χ0n) is 10.8. The molecule has 0 fully saturated rings. The van der Waals surface area contributed by atoms with Crippen LogP contribution in [0.25, 0.3) is 10.8 Å². The minimum Gasteiger partial charge on any atom is -0.462 e. The molecule has 0 saturated carbocycles. The topological polar surface area (TPSA) is 52.3 Å². The van der Waals surface area contributed by atoms with Gasteiger partial charge in [-0.2, -0.15) is 0 Å². The van der Waals surface area contributed by atoms with E-state index in [1.165, 1.54) is 11.3 Å². The molecule has 0 aliphatic carbocycles. The fourth-order valence-electron chi connectivity index (χ4n) is 1.42. The Hall–Kier alpha value is -1.62. The van der Waals surface area contributed by atoms with Crippen LogP contribution < -0.4 is 0 Å². The predicted molar refractivity (Wildman–Crippen MR) is 69.7 cm³/mol. The normalized spacial score (nSPS) is 11.6. The van der Waals surface area contributed by atoms with Crippen molar-refractivity contribution in [2.45, 2.75) is 33.3 Å². The number of hydrogen-bond acceptors (Lipinski definition) is 5. The van der Waals surface area contributed by atoms with E-state index in [1.54, 1.807) is 12.3 Å². The lowest BCUT2D eigenvalue weighted by Gasteiger charge is -2.18. The Morgan fingerprint density at radius 1 is 1.44 bits per heavy atom. The molecule has 0 unspecified atom stereocenters. The first-order valence-electron chi connectivity index (χ1n) is 5.61. The van der Waals surface area contributed by atoms with Gasteiger partial charge < -0.3 is 9.15 Å². The number of carbonyl (C=O) groups is 1. The van der Waals surface area contributed by atoms with Crippen molar-refractivity contribution in [2.24, 2.45) is 0 Å². The van der Waals surface area contributed by atoms with Crippen molar-refractivity contribution in [2.75, 3.05) is 0 Å². The smallest absolute Gasteiger partial charge is 0.358 e. The van der Waals surface area contributed by atoms with Gasteiger partial charge in [-0.05, 0) is 39.8 Å². The molecule has 18 heavy (non-hydrogen) atoms. The number of carbonyl (C=O) groups excluding carboxylic acids is 1. The lowest BCUT2D eigenvalue weighted by atomic mass is 10.2. The number of thiazole rings is 1. The van der Waals surface area contributed by atoms with E-state index in [1.807, 2.05) is 33.8 Å². The van der Waals surface area contributed by atoms with E-state index in [2.05, 4.69) is 4.98 Å². The molecule has 2 rings (SSSR count). The predicted octanol–water partition coefficient (Wildman–Crippen LogP) is 3.67. The Bertz CT molecular complexity index is 549. The van der Waals surface area contributed by atoms with Gasteiger partial charge in [-0.15, -0.1) is 11.3 Å². The van der Waals surface area contributed by atoms with Gasteiger partial charge >= 0.3 is 5.97 Å². The summed E-state index contributed by atoms with van der Waals surface area (Å²) >= 11 is 1.42. The highest BCUT2D eigenvalue weighted by molar-refractivity contribution is 7.15. The molecule has 2 aromatic heterocycles. The summed E-state index contributed by atoms with van der Waals surface area (Å²) in [6, 6.07) is 3.61. The standard InChI is InChI=1S/C13H15NO3S/c1-8-10(12(15)17-13(2,3)4)14-11(18-8)9-6-5-7-16-9/h5-7H,1-4H3. The first-order valence-corrected chi connectivity index (χ1v) is 6.43. The summed E-state index contributed by atoms with van der Waals surface area (Å²) in [6.07, 6.45) is 1.58. The SMILES string of the molecule is Cc1sc(-c2ccco2)nc1C(=O)OC(C)(C)C. The number of esters is 1. The Kier molecular flexibility index (Phi) is 3.26. The van der Waals surface area contributed by atoms with Gasteiger partial charge in [0.1, 0.15) is 5.60 Å². The maximum absolute atomic E-state index is 12.0. The number of hydrogen-bond donors (Lipinski definition) is 0. The molecule has 0 aliphatic rings. The summed E-state index contributed by atoms with van der Waals surface area (Å²) in [5, 5.41) is 0.693. The van der Waals surface area contributed by atoms with E-state index in [-0.39, 0.29) is 0 Å². The van der Waals surface area contributed by atoms with E-state index in [0.717, 1.165) is 4.88 Å². The zero-order chi connectivity index (χ0) is 13.3.